The van der Waals surface area contributed by atoms with Gasteiger partial charge < -0.3 is 10.2 Å². The summed E-state index contributed by atoms with van der Waals surface area (Å²) in [4.78, 5) is 28.5. The molecule has 2 aromatic rings. The number of benzene rings is 1. The van der Waals surface area contributed by atoms with Crippen LogP contribution in [-0.4, -0.2) is 35.3 Å². The number of para-hydroxylation sites is 1. The van der Waals surface area contributed by atoms with Crippen molar-refractivity contribution in [2.45, 2.75) is 6.18 Å². The average molecular weight is 416 g/mol. The molecule has 0 radical (unpaired) electrons. The molecule has 0 atom stereocenters. The lowest BCUT2D eigenvalue weighted by Gasteiger charge is -2.17. The number of nitrogens with zero attached hydrogens (tertiary/aromatic N) is 2. The number of hydrogen-bond donors (Lipinski definition) is 1. The molecule has 0 aliphatic carbocycles. The van der Waals surface area contributed by atoms with Gasteiger partial charge in [-0.3, -0.25) is 14.6 Å². The molecule has 2 amide bonds. The number of carbonyl (C=O) groups is 2. The first kappa shape index (κ1) is 18.9. The van der Waals surface area contributed by atoms with Crippen LogP contribution in [0.25, 0.3) is 0 Å². The lowest BCUT2D eigenvalue weighted by Crippen LogP contribution is -2.35. The largest absolute Gasteiger partial charge is 0.433 e. The van der Waals surface area contributed by atoms with Crippen LogP contribution in [0, 0.1) is 0 Å². The van der Waals surface area contributed by atoms with Gasteiger partial charge in [0.2, 0.25) is 5.91 Å². The second-order valence-corrected chi connectivity index (χ2v) is 5.97. The standard InChI is InChI=1S/C16H13BrF3N3O2/c1-23(9-14(24)22-12-5-3-2-4-11(12)17)15(25)10-6-7-13(21-8-10)16(18,19)20/h2-8H,9H2,1H3,(H,22,24). The molecular formula is C16H13BrF3N3O2. The first-order valence-electron chi connectivity index (χ1n) is 7.01. The van der Waals surface area contributed by atoms with Gasteiger partial charge in [0.25, 0.3) is 5.91 Å². The monoisotopic (exact) mass is 415 g/mol. The van der Waals surface area contributed by atoms with E-state index in [2.05, 4.69) is 26.2 Å². The minimum absolute atomic E-state index is 0.0378. The summed E-state index contributed by atoms with van der Waals surface area (Å²) in [6.45, 7) is -0.263. The number of pyridine rings is 1. The summed E-state index contributed by atoms with van der Waals surface area (Å²) < 4.78 is 38.1. The number of hydrogen-bond acceptors (Lipinski definition) is 3. The zero-order valence-electron chi connectivity index (χ0n) is 13.0. The summed E-state index contributed by atoms with van der Waals surface area (Å²) in [6.07, 6.45) is -3.73. The number of carbonyl (C=O) groups excluding carboxylic acids is 2. The predicted octanol–water partition coefficient (Wildman–Crippen LogP) is 3.57. The molecule has 0 bridgehead atoms. The van der Waals surface area contributed by atoms with Crippen LogP contribution < -0.4 is 5.32 Å². The maximum absolute atomic E-state index is 12.5. The summed E-state index contributed by atoms with van der Waals surface area (Å²) in [7, 11) is 1.37. The molecule has 9 heteroatoms. The third-order valence-corrected chi connectivity index (χ3v) is 3.87. The Kier molecular flexibility index (Phi) is 5.78. The van der Waals surface area contributed by atoms with Crippen molar-refractivity contribution in [2.75, 3.05) is 18.9 Å². The fraction of sp³-hybridized carbons (Fsp3) is 0.188. The van der Waals surface area contributed by atoms with Gasteiger partial charge in [0.15, 0.2) is 0 Å². The molecule has 0 saturated carbocycles. The summed E-state index contributed by atoms with van der Waals surface area (Å²) in [5.41, 5.74) is -0.577. The molecule has 0 unspecified atom stereocenters. The smallest absolute Gasteiger partial charge is 0.332 e. The highest BCUT2D eigenvalue weighted by Crippen LogP contribution is 2.27. The van der Waals surface area contributed by atoms with E-state index in [1.54, 1.807) is 24.3 Å². The van der Waals surface area contributed by atoms with E-state index in [0.29, 0.717) is 10.2 Å². The van der Waals surface area contributed by atoms with Crippen molar-refractivity contribution in [3.8, 4) is 0 Å². The van der Waals surface area contributed by atoms with Gasteiger partial charge in [0.05, 0.1) is 17.8 Å². The van der Waals surface area contributed by atoms with Crippen LogP contribution in [0.5, 0.6) is 0 Å². The number of nitrogens with one attached hydrogen (secondary N) is 1. The van der Waals surface area contributed by atoms with Crippen LogP contribution >= 0.6 is 15.9 Å². The molecule has 2 rings (SSSR count). The van der Waals surface area contributed by atoms with Crippen molar-refractivity contribution < 1.29 is 22.8 Å². The molecular weight excluding hydrogens is 403 g/mol. The number of alkyl halides is 3. The van der Waals surface area contributed by atoms with Gasteiger partial charge >= 0.3 is 6.18 Å². The van der Waals surface area contributed by atoms with E-state index in [0.717, 1.165) is 23.2 Å². The van der Waals surface area contributed by atoms with Crippen molar-refractivity contribution in [1.29, 1.82) is 0 Å². The summed E-state index contributed by atoms with van der Waals surface area (Å²) >= 11 is 3.28. The number of aromatic nitrogens is 1. The molecule has 0 fully saturated rings. The van der Waals surface area contributed by atoms with Gasteiger partial charge in [-0.2, -0.15) is 13.2 Å². The second kappa shape index (κ2) is 7.64. The quantitative estimate of drug-likeness (QED) is 0.829. The van der Waals surface area contributed by atoms with Crippen LogP contribution in [0.3, 0.4) is 0 Å². The fourth-order valence-corrected chi connectivity index (χ4v) is 2.33. The molecule has 0 aliphatic heterocycles. The van der Waals surface area contributed by atoms with E-state index in [1.807, 2.05) is 0 Å². The molecule has 25 heavy (non-hydrogen) atoms. The lowest BCUT2D eigenvalue weighted by molar-refractivity contribution is -0.141. The molecule has 5 nitrogen and oxygen atoms in total. The van der Waals surface area contributed by atoms with Gasteiger partial charge in [-0.15, -0.1) is 0 Å². The lowest BCUT2D eigenvalue weighted by atomic mass is 10.2. The minimum atomic E-state index is -4.57. The van der Waals surface area contributed by atoms with Crippen molar-refractivity contribution in [1.82, 2.24) is 9.88 Å². The molecule has 1 aromatic carbocycles. The second-order valence-electron chi connectivity index (χ2n) is 5.12. The molecule has 0 saturated heterocycles. The number of rotatable bonds is 4. The maximum Gasteiger partial charge on any atom is 0.433 e. The zero-order valence-corrected chi connectivity index (χ0v) is 14.6. The van der Waals surface area contributed by atoms with Crippen molar-refractivity contribution in [3.63, 3.8) is 0 Å². The van der Waals surface area contributed by atoms with Crippen LogP contribution in [0.1, 0.15) is 16.1 Å². The third kappa shape index (κ3) is 5.02. The Morgan fingerprint density at radius 2 is 1.88 bits per heavy atom. The highest BCUT2D eigenvalue weighted by atomic mass is 79.9. The van der Waals surface area contributed by atoms with Gasteiger partial charge in [0, 0.05) is 17.7 Å². The van der Waals surface area contributed by atoms with Crippen molar-refractivity contribution in [3.05, 3.63) is 58.3 Å². The van der Waals surface area contributed by atoms with E-state index in [4.69, 9.17) is 0 Å². The molecule has 1 heterocycles. The summed E-state index contributed by atoms with van der Waals surface area (Å²) in [5.74, 6) is -1.05. The highest BCUT2D eigenvalue weighted by molar-refractivity contribution is 9.10. The van der Waals surface area contributed by atoms with Crippen molar-refractivity contribution >= 4 is 33.4 Å². The topological polar surface area (TPSA) is 62.3 Å². The first-order chi connectivity index (χ1) is 11.7. The van der Waals surface area contributed by atoms with Gasteiger partial charge in [-0.05, 0) is 40.2 Å². The number of anilines is 1. The van der Waals surface area contributed by atoms with Crippen LogP contribution in [0.2, 0.25) is 0 Å². The minimum Gasteiger partial charge on any atom is -0.332 e. The molecule has 1 N–H and O–H groups in total. The molecule has 0 spiro atoms. The van der Waals surface area contributed by atoms with E-state index in [1.165, 1.54) is 7.05 Å². The Labute approximate surface area is 150 Å². The molecule has 132 valence electrons. The van der Waals surface area contributed by atoms with E-state index >= 15 is 0 Å². The van der Waals surface area contributed by atoms with Gasteiger partial charge in [-0.1, -0.05) is 12.1 Å². The molecule has 0 aliphatic rings. The number of amides is 2. The Morgan fingerprint density at radius 1 is 1.20 bits per heavy atom. The summed E-state index contributed by atoms with van der Waals surface area (Å²) in [6, 6.07) is 8.71. The van der Waals surface area contributed by atoms with Crippen molar-refractivity contribution in [2.24, 2.45) is 0 Å². The number of likely N-dealkylation sites (N-methyl/N-ethyl adjacent to an activating group) is 1. The average Bonchev–Trinajstić information content (AvgIpc) is 2.55. The fourth-order valence-electron chi connectivity index (χ4n) is 1.95. The van der Waals surface area contributed by atoms with Crippen LogP contribution in [-0.2, 0) is 11.0 Å². The normalized spacial score (nSPS) is 11.1. The van der Waals surface area contributed by atoms with E-state index in [-0.39, 0.29) is 12.1 Å². The van der Waals surface area contributed by atoms with E-state index < -0.39 is 23.7 Å². The van der Waals surface area contributed by atoms with Gasteiger partial charge in [-0.25, -0.2) is 0 Å². The Bertz CT molecular complexity index is 779. The predicted molar refractivity (Wildman–Crippen MR) is 89.0 cm³/mol. The Morgan fingerprint density at radius 3 is 2.44 bits per heavy atom. The maximum atomic E-state index is 12.5. The summed E-state index contributed by atoms with van der Waals surface area (Å²) in [5, 5.41) is 2.63. The Balaban J connectivity index is 2.00. The highest BCUT2D eigenvalue weighted by Gasteiger charge is 2.32. The number of halogens is 4. The van der Waals surface area contributed by atoms with Gasteiger partial charge in [0.1, 0.15) is 5.69 Å². The van der Waals surface area contributed by atoms with E-state index in [9.17, 15) is 22.8 Å². The van der Waals surface area contributed by atoms with Crippen LogP contribution in [0.15, 0.2) is 47.1 Å². The first-order valence-corrected chi connectivity index (χ1v) is 7.81. The zero-order chi connectivity index (χ0) is 18.6. The SMILES string of the molecule is CN(CC(=O)Nc1ccccc1Br)C(=O)c1ccc(C(F)(F)F)nc1. The Hall–Kier alpha value is -2.42. The molecule has 1 aromatic heterocycles. The van der Waals surface area contributed by atoms with Crippen LogP contribution in [0.4, 0.5) is 18.9 Å². The third-order valence-electron chi connectivity index (χ3n) is 3.18.